The fourth-order valence-electron chi connectivity index (χ4n) is 1.88. The number of rotatable bonds is 10. The van der Waals surface area contributed by atoms with E-state index in [1.165, 1.54) is 32.4 Å². The molecule has 0 aliphatic heterocycles. The second kappa shape index (κ2) is 14.0. The van der Waals surface area contributed by atoms with E-state index in [1.54, 1.807) is 0 Å². The normalized spacial score (nSPS) is 12.0. The van der Waals surface area contributed by atoms with Gasteiger partial charge in [0.25, 0.3) is 0 Å². The van der Waals surface area contributed by atoms with Crippen molar-refractivity contribution in [3.8, 4) is 17.2 Å². The first-order valence-electron chi connectivity index (χ1n) is 8.73. The van der Waals surface area contributed by atoms with Gasteiger partial charge < -0.3 is 44.8 Å². The van der Waals surface area contributed by atoms with Crippen molar-refractivity contribution in [2.45, 2.75) is 25.0 Å². The van der Waals surface area contributed by atoms with Crippen molar-refractivity contribution in [3.05, 3.63) is 23.8 Å². The average molecular weight is 474 g/mol. The van der Waals surface area contributed by atoms with E-state index >= 15 is 0 Å². The maximum Gasteiger partial charge on any atom is 0.343 e. The minimum absolute atomic E-state index is 0.107. The summed E-state index contributed by atoms with van der Waals surface area (Å²) in [5.74, 6) is -6.73. The zero-order valence-corrected chi connectivity index (χ0v) is 17.3. The lowest BCUT2D eigenvalue weighted by molar-refractivity contribution is -0.165. The van der Waals surface area contributed by atoms with Crippen LogP contribution in [0.4, 0.5) is 0 Å². The highest BCUT2D eigenvalue weighted by atomic mass is 16.6. The number of hydrogen-bond donors (Lipinski definition) is 6. The summed E-state index contributed by atoms with van der Waals surface area (Å²) in [6, 6.07) is 2.81. The van der Waals surface area contributed by atoms with Crippen molar-refractivity contribution in [1.29, 1.82) is 0 Å². The minimum atomic E-state index is -1.94. The van der Waals surface area contributed by atoms with Crippen LogP contribution in [0.1, 0.15) is 18.4 Å². The van der Waals surface area contributed by atoms with Gasteiger partial charge in [0.2, 0.25) is 5.75 Å². The van der Waals surface area contributed by atoms with Crippen LogP contribution < -0.4 is 9.47 Å². The number of carbonyl (C=O) groups is 5. The Morgan fingerprint density at radius 3 is 1.70 bits per heavy atom. The fourth-order valence-corrected chi connectivity index (χ4v) is 1.88. The summed E-state index contributed by atoms with van der Waals surface area (Å²) in [5.41, 5.74) is 0.400. The topological polar surface area (TPSA) is 234 Å². The summed E-state index contributed by atoms with van der Waals surface area (Å²) in [6.45, 7) is 0. The molecule has 33 heavy (non-hydrogen) atoms. The Hall–Kier alpha value is -4.17. The molecule has 2 atom stereocenters. The maximum absolute atomic E-state index is 11.5. The first-order chi connectivity index (χ1) is 15.3. The molecule has 0 saturated carbocycles. The molecule has 1 aromatic carbocycles. The van der Waals surface area contributed by atoms with Gasteiger partial charge in [0, 0.05) is 6.08 Å². The summed E-state index contributed by atoms with van der Waals surface area (Å²) in [6.07, 6.45) is -3.21. The lowest BCUT2D eigenvalue weighted by atomic mass is 10.1. The molecule has 1 rings (SSSR count). The van der Waals surface area contributed by atoms with E-state index < -0.39 is 54.9 Å². The van der Waals surface area contributed by atoms with Crippen molar-refractivity contribution in [3.63, 3.8) is 0 Å². The number of carboxylic acids is 3. The first-order valence-corrected chi connectivity index (χ1v) is 8.73. The van der Waals surface area contributed by atoms with Crippen LogP contribution in [0.2, 0.25) is 0 Å². The van der Waals surface area contributed by atoms with Gasteiger partial charge in [-0.15, -0.1) is 0 Å². The molecule has 14 nitrogen and oxygen atoms in total. The van der Waals surface area contributed by atoms with Gasteiger partial charge >= 0.3 is 29.8 Å². The molecule has 0 aromatic heterocycles. The van der Waals surface area contributed by atoms with E-state index in [2.05, 4.69) is 4.74 Å². The van der Waals surface area contributed by atoms with Gasteiger partial charge in [-0.25, -0.2) is 14.4 Å². The molecule has 0 spiro atoms. The van der Waals surface area contributed by atoms with E-state index in [0.29, 0.717) is 5.56 Å². The second-order valence-corrected chi connectivity index (χ2v) is 5.91. The zero-order valence-electron chi connectivity index (χ0n) is 17.3. The SMILES string of the molecule is COc1cc(/C=C/C(=O)OC(=O)C(O)CC(=O)O)cc(OC)c1O.O=C(O)CC(O)C(=O)O. The lowest BCUT2D eigenvalue weighted by Crippen LogP contribution is -2.27. The number of aliphatic hydroxyl groups excluding tert-OH is 2. The zero-order chi connectivity index (χ0) is 25.7. The molecule has 6 N–H and O–H groups in total. The van der Waals surface area contributed by atoms with Gasteiger partial charge in [0.1, 0.15) is 0 Å². The third-order valence-electron chi connectivity index (χ3n) is 3.41. The molecule has 0 aliphatic rings. The predicted molar refractivity (Wildman–Crippen MR) is 105 cm³/mol. The molecule has 182 valence electrons. The number of carboxylic acid groups (broad SMARTS) is 3. The summed E-state index contributed by atoms with van der Waals surface area (Å²) >= 11 is 0. The summed E-state index contributed by atoms with van der Waals surface area (Å²) in [4.78, 5) is 52.5. The van der Waals surface area contributed by atoms with Crippen LogP contribution >= 0.6 is 0 Å². The van der Waals surface area contributed by atoms with E-state index in [1.807, 2.05) is 0 Å². The van der Waals surface area contributed by atoms with E-state index in [4.69, 9.17) is 29.9 Å². The fraction of sp³-hybridized carbons (Fsp3) is 0.316. The van der Waals surface area contributed by atoms with Crippen LogP contribution in [0.25, 0.3) is 6.08 Å². The number of aliphatic carboxylic acids is 3. The number of carbonyl (C=O) groups excluding carboxylic acids is 2. The number of aromatic hydroxyl groups is 1. The maximum atomic E-state index is 11.5. The van der Waals surface area contributed by atoms with Crippen LogP contribution in [-0.2, 0) is 28.7 Å². The largest absolute Gasteiger partial charge is 0.502 e. The molecule has 2 unspecified atom stereocenters. The molecule has 0 radical (unpaired) electrons. The van der Waals surface area contributed by atoms with E-state index in [9.17, 15) is 34.2 Å². The van der Waals surface area contributed by atoms with Gasteiger partial charge in [-0.3, -0.25) is 9.59 Å². The monoisotopic (exact) mass is 474 g/mol. The molecule has 0 fully saturated rings. The Morgan fingerprint density at radius 2 is 1.33 bits per heavy atom. The van der Waals surface area contributed by atoms with Crippen LogP contribution in [0.15, 0.2) is 18.2 Å². The Balaban J connectivity index is 0.000000960. The first kappa shape index (κ1) is 28.8. The van der Waals surface area contributed by atoms with Gasteiger partial charge in [0.05, 0.1) is 27.1 Å². The number of methoxy groups -OCH3 is 2. The number of phenols is 1. The quantitative estimate of drug-likeness (QED) is 0.139. The summed E-state index contributed by atoms with van der Waals surface area (Å²) < 4.78 is 14.2. The highest BCUT2D eigenvalue weighted by molar-refractivity contribution is 5.96. The van der Waals surface area contributed by atoms with Crippen LogP contribution in [0.3, 0.4) is 0 Å². The Kier molecular flexibility index (Phi) is 12.2. The molecule has 0 bridgehead atoms. The summed E-state index contributed by atoms with van der Waals surface area (Å²) in [7, 11) is 2.66. The number of benzene rings is 1. The highest BCUT2D eigenvalue weighted by Gasteiger charge is 2.22. The lowest BCUT2D eigenvalue weighted by Gasteiger charge is -2.09. The van der Waals surface area contributed by atoms with Crippen LogP contribution in [0.5, 0.6) is 17.2 Å². The third kappa shape index (κ3) is 11.1. The van der Waals surface area contributed by atoms with E-state index in [0.717, 1.165) is 6.08 Å². The average Bonchev–Trinajstić information content (AvgIpc) is 2.72. The molecule has 1 aromatic rings. The Morgan fingerprint density at radius 1 is 0.879 bits per heavy atom. The van der Waals surface area contributed by atoms with Crippen LogP contribution in [0, 0.1) is 0 Å². The number of esters is 2. The molecular weight excluding hydrogens is 452 g/mol. The van der Waals surface area contributed by atoms with Crippen molar-refractivity contribution >= 4 is 35.9 Å². The summed E-state index contributed by atoms with van der Waals surface area (Å²) in [5, 5.41) is 51.5. The van der Waals surface area contributed by atoms with Crippen LogP contribution in [-0.4, -0.2) is 86.9 Å². The van der Waals surface area contributed by atoms with E-state index in [-0.39, 0.29) is 17.2 Å². The van der Waals surface area contributed by atoms with Crippen molar-refractivity contribution in [2.24, 2.45) is 0 Å². The Bertz CT molecular complexity index is 879. The molecular formula is C19H22O14. The van der Waals surface area contributed by atoms with Crippen molar-refractivity contribution in [2.75, 3.05) is 14.2 Å². The molecule has 14 heteroatoms. The van der Waals surface area contributed by atoms with Gasteiger partial charge in [0.15, 0.2) is 23.7 Å². The highest BCUT2D eigenvalue weighted by Crippen LogP contribution is 2.37. The smallest absolute Gasteiger partial charge is 0.343 e. The molecule has 0 amide bonds. The van der Waals surface area contributed by atoms with Gasteiger partial charge in [-0.1, -0.05) is 0 Å². The third-order valence-corrected chi connectivity index (χ3v) is 3.41. The van der Waals surface area contributed by atoms with Crippen molar-refractivity contribution < 1.29 is 68.8 Å². The van der Waals surface area contributed by atoms with Gasteiger partial charge in [-0.05, 0) is 23.8 Å². The second-order valence-electron chi connectivity index (χ2n) is 5.91. The molecule has 0 aliphatic carbocycles. The molecule has 0 heterocycles. The van der Waals surface area contributed by atoms with Crippen molar-refractivity contribution in [1.82, 2.24) is 0 Å². The number of phenolic OH excluding ortho intramolecular Hbond substituents is 1. The number of hydrogen-bond acceptors (Lipinski definition) is 11. The molecule has 0 saturated heterocycles. The van der Waals surface area contributed by atoms with Gasteiger partial charge in [-0.2, -0.15) is 0 Å². The Labute approximate surface area is 185 Å². The number of ether oxygens (including phenoxy) is 3. The minimum Gasteiger partial charge on any atom is -0.502 e. The standard InChI is InChI=1S/C15H16O9.C4H6O5/c1-22-10-5-8(6-11(23-2)14(10)20)3-4-13(19)24-15(21)9(16)7-12(17)18;5-2(4(8)9)1-3(6)7/h3-6,9,16,20H,7H2,1-2H3,(H,17,18);2,5H,1H2,(H,6,7)(H,8,9)/b4-3+;. The predicted octanol–water partition coefficient (Wildman–Crippen LogP) is -0.765. The number of aliphatic hydroxyl groups is 2.